The summed E-state index contributed by atoms with van der Waals surface area (Å²) in [4.78, 5) is 28.8. The van der Waals surface area contributed by atoms with E-state index < -0.39 is 23.6 Å². The molecule has 0 spiro atoms. The van der Waals surface area contributed by atoms with Crippen molar-refractivity contribution in [2.75, 3.05) is 6.61 Å². The highest BCUT2D eigenvalue weighted by Gasteiger charge is 2.33. The highest BCUT2D eigenvalue weighted by molar-refractivity contribution is 5.87. The van der Waals surface area contributed by atoms with Gasteiger partial charge in [-0.1, -0.05) is 19.9 Å². The lowest BCUT2D eigenvalue weighted by Crippen LogP contribution is -2.30. The zero-order chi connectivity index (χ0) is 22.6. The van der Waals surface area contributed by atoms with Crippen LogP contribution in [0.5, 0.6) is 0 Å². The average molecular weight is 418 g/mol. The summed E-state index contributed by atoms with van der Waals surface area (Å²) in [6.45, 7) is 13.5. The number of hydrogen-bond donors (Lipinski definition) is 1. The van der Waals surface area contributed by atoms with Gasteiger partial charge in [-0.05, 0) is 53.0 Å². The van der Waals surface area contributed by atoms with Gasteiger partial charge < -0.3 is 14.6 Å². The number of nitrogens with zero attached hydrogens (tertiary/aromatic N) is 3. The maximum Gasteiger partial charge on any atom is 0.356 e. The zero-order valence-corrected chi connectivity index (χ0v) is 18.7. The van der Waals surface area contributed by atoms with Gasteiger partial charge in [0.25, 0.3) is 0 Å². The third-order valence-electron chi connectivity index (χ3n) is 4.20. The Morgan fingerprint density at radius 2 is 1.97 bits per heavy atom. The van der Waals surface area contributed by atoms with Crippen LogP contribution in [0.4, 0.5) is 0 Å². The minimum absolute atomic E-state index is 0.123. The molecule has 0 aliphatic heterocycles. The van der Waals surface area contributed by atoms with Gasteiger partial charge in [-0.2, -0.15) is 5.10 Å². The van der Waals surface area contributed by atoms with Crippen LogP contribution in [0.2, 0.25) is 0 Å². The molecule has 0 saturated heterocycles. The summed E-state index contributed by atoms with van der Waals surface area (Å²) >= 11 is 0. The highest BCUT2D eigenvalue weighted by Crippen LogP contribution is 2.31. The van der Waals surface area contributed by atoms with Crippen molar-refractivity contribution in [3.63, 3.8) is 0 Å². The van der Waals surface area contributed by atoms with Crippen molar-refractivity contribution in [2.24, 2.45) is 5.92 Å². The number of aromatic carboxylic acids is 1. The third kappa shape index (κ3) is 5.66. The lowest BCUT2D eigenvalue weighted by molar-refractivity contribution is -0.167. The molecule has 2 aromatic rings. The Hall–Kier alpha value is -2.74. The number of carbonyl (C=O) groups excluding carboxylic acids is 1. The highest BCUT2D eigenvalue weighted by atomic mass is 16.6. The fraction of sp³-hybridized carbons (Fsp3) is 0.545. The first-order valence-electron chi connectivity index (χ1n) is 10.1. The quantitative estimate of drug-likeness (QED) is 0.642. The number of ether oxygens (including phenoxy) is 2. The molecule has 0 aliphatic carbocycles. The maximum atomic E-state index is 12.8. The van der Waals surface area contributed by atoms with E-state index in [0.717, 1.165) is 6.42 Å². The molecule has 1 N–H and O–H groups in total. The van der Waals surface area contributed by atoms with Crippen LogP contribution in [0.15, 0.2) is 12.1 Å². The molecule has 164 valence electrons. The van der Waals surface area contributed by atoms with E-state index in [1.54, 1.807) is 13.8 Å². The second-order valence-electron chi connectivity index (χ2n) is 8.50. The van der Waals surface area contributed by atoms with E-state index in [2.05, 4.69) is 23.9 Å². The van der Waals surface area contributed by atoms with E-state index in [9.17, 15) is 14.7 Å². The number of esters is 1. The molecule has 0 unspecified atom stereocenters. The molecule has 2 heterocycles. The normalized spacial score (nSPS) is 13.3. The van der Waals surface area contributed by atoms with E-state index >= 15 is 0 Å². The van der Waals surface area contributed by atoms with E-state index in [-0.39, 0.29) is 12.3 Å². The molecule has 1 atom stereocenters. The fourth-order valence-electron chi connectivity index (χ4n) is 3.00. The molecular weight excluding hydrogens is 386 g/mol. The van der Waals surface area contributed by atoms with Crippen molar-refractivity contribution >= 4 is 23.7 Å². The van der Waals surface area contributed by atoms with Gasteiger partial charge in [-0.15, -0.1) is 0 Å². The topological polar surface area (TPSA) is 103 Å². The number of carboxylic acid groups (broad SMARTS) is 1. The van der Waals surface area contributed by atoms with Gasteiger partial charge in [0, 0.05) is 17.3 Å². The van der Waals surface area contributed by atoms with Crippen LogP contribution < -0.4 is 0 Å². The number of hydrogen-bond acceptors (Lipinski definition) is 6. The molecule has 0 fully saturated rings. The van der Waals surface area contributed by atoms with Gasteiger partial charge in [0.05, 0.1) is 17.9 Å². The molecule has 30 heavy (non-hydrogen) atoms. The first-order chi connectivity index (χ1) is 13.9. The molecular formula is C22H31N3O5. The molecule has 0 aliphatic rings. The number of aryl methyl sites for hydroxylation is 1. The number of carbonyl (C=O) groups is 2. The van der Waals surface area contributed by atoms with E-state index in [0.29, 0.717) is 28.5 Å². The van der Waals surface area contributed by atoms with E-state index in [1.807, 2.05) is 32.9 Å². The van der Waals surface area contributed by atoms with Gasteiger partial charge in [0.1, 0.15) is 0 Å². The number of carboxylic acids is 1. The number of aromatic nitrogens is 3. The Bertz CT molecular complexity index is 954. The van der Waals surface area contributed by atoms with Crippen molar-refractivity contribution in [1.29, 1.82) is 0 Å². The van der Waals surface area contributed by atoms with Crippen LogP contribution in [0, 0.1) is 12.8 Å². The second kappa shape index (κ2) is 9.38. The van der Waals surface area contributed by atoms with Crippen molar-refractivity contribution in [2.45, 2.75) is 66.6 Å². The Kier molecular flexibility index (Phi) is 7.36. The molecule has 0 aromatic carbocycles. The molecule has 2 rings (SSSR count). The summed E-state index contributed by atoms with van der Waals surface area (Å²) in [6.07, 6.45) is 3.59. The van der Waals surface area contributed by atoms with E-state index in [4.69, 9.17) is 9.47 Å². The minimum atomic E-state index is -1.15. The van der Waals surface area contributed by atoms with Crippen LogP contribution in [0.25, 0.3) is 11.7 Å². The first-order valence-corrected chi connectivity index (χ1v) is 10.1. The molecule has 8 heteroatoms. The Morgan fingerprint density at radius 1 is 1.30 bits per heavy atom. The van der Waals surface area contributed by atoms with Gasteiger partial charge in [-0.3, -0.25) is 0 Å². The van der Waals surface area contributed by atoms with Crippen molar-refractivity contribution in [3.8, 4) is 0 Å². The van der Waals surface area contributed by atoms with Gasteiger partial charge in [0.15, 0.2) is 17.4 Å². The molecule has 8 nitrogen and oxygen atoms in total. The summed E-state index contributed by atoms with van der Waals surface area (Å²) in [7, 11) is 0. The van der Waals surface area contributed by atoms with Crippen molar-refractivity contribution < 1.29 is 24.2 Å². The van der Waals surface area contributed by atoms with Gasteiger partial charge >= 0.3 is 11.9 Å². The minimum Gasteiger partial charge on any atom is -0.476 e. The predicted molar refractivity (Wildman–Crippen MR) is 113 cm³/mol. The molecule has 0 bridgehead atoms. The van der Waals surface area contributed by atoms with Crippen LogP contribution >= 0.6 is 0 Å². The standard InChI is InChI=1S/C22H31N3O5/c1-8-29-21(28)19(30-22(5,6)7)18-14(4)23-17-12-15(20(26)27)24-25(17)16(18)11-9-10-13(2)3/h9,11-13,19H,8,10H2,1-7H3,(H,26,27)/t19-/m0/s1. The summed E-state index contributed by atoms with van der Waals surface area (Å²) in [5, 5.41) is 13.6. The molecule has 0 radical (unpaired) electrons. The molecule has 0 saturated carbocycles. The first kappa shape index (κ1) is 23.5. The maximum absolute atomic E-state index is 12.8. The number of fused-ring (bicyclic) bond motifs is 1. The van der Waals surface area contributed by atoms with Crippen LogP contribution in [-0.4, -0.2) is 43.9 Å². The lowest BCUT2D eigenvalue weighted by Gasteiger charge is -2.28. The third-order valence-corrected chi connectivity index (χ3v) is 4.20. The summed E-state index contributed by atoms with van der Waals surface area (Å²) in [5.74, 6) is -1.24. The fourth-order valence-corrected chi connectivity index (χ4v) is 3.00. The average Bonchev–Trinajstić information content (AvgIpc) is 3.03. The Labute approximate surface area is 176 Å². The van der Waals surface area contributed by atoms with Gasteiger partial charge in [0.2, 0.25) is 0 Å². The number of rotatable bonds is 8. The summed E-state index contributed by atoms with van der Waals surface area (Å²) in [5.41, 5.74) is 1.24. The van der Waals surface area contributed by atoms with Gasteiger partial charge in [-0.25, -0.2) is 19.1 Å². The summed E-state index contributed by atoms with van der Waals surface area (Å²) in [6, 6.07) is 1.41. The summed E-state index contributed by atoms with van der Waals surface area (Å²) < 4.78 is 12.8. The number of allylic oxidation sites excluding steroid dienone is 1. The van der Waals surface area contributed by atoms with Crippen molar-refractivity contribution in [1.82, 2.24) is 14.6 Å². The van der Waals surface area contributed by atoms with Crippen LogP contribution in [-0.2, 0) is 14.3 Å². The largest absolute Gasteiger partial charge is 0.476 e. The zero-order valence-electron chi connectivity index (χ0n) is 18.7. The SMILES string of the molecule is CCOC(=O)[C@@H](OC(C)(C)C)c1c(C)nc2cc(C(=O)O)nn2c1C=CCC(C)C. The van der Waals surface area contributed by atoms with Crippen molar-refractivity contribution in [3.05, 3.63) is 34.8 Å². The van der Waals surface area contributed by atoms with E-state index in [1.165, 1.54) is 10.6 Å². The lowest BCUT2D eigenvalue weighted by atomic mass is 10.0. The Morgan fingerprint density at radius 3 is 2.50 bits per heavy atom. The molecule has 0 amide bonds. The Balaban J connectivity index is 2.78. The van der Waals surface area contributed by atoms with Crippen LogP contribution in [0.3, 0.4) is 0 Å². The molecule has 2 aromatic heterocycles. The smallest absolute Gasteiger partial charge is 0.356 e. The second-order valence-corrected chi connectivity index (χ2v) is 8.50. The van der Waals surface area contributed by atoms with Crippen LogP contribution in [0.1, 0.15) is 81.5 Å². The predicted octanol–water partition coefficient (Wildman–Crippen LogP) is 4.21. The monoisotopic (exact) mass is 417 g/mol.